The van der Waals surface area contributed by atoms with E-state index in [1.807, 2.05) is 24.3 Å². The number of carbonyl (C=O) groups excluding carboxylic acids is 2. The number of aromatic nitrogens is 1. The summed E-state index contributed by atoms with van der Waals surface area (Å²) in [5, 5.41) is 15.9. The number of fused-ring (bicyclic) bond motifs is 1. The lowest BCUT2D eigenvalue weighted by atomic mass is 10.1. The van der Waals surface area contributed by atoms with E-state index in [2.05, 4.69) is 15.6 Å². The van der Waals surface area contributed by atoms with Crippen LogP contribution in [0, 0.1) is 5.82 Å². The minimum Gasteiger partial charge on any atom is -0.481 e. The van der Waals surface area contributed by atoms with Crippen molar-refractivity contribution in [1.29, 1.82) is 0 Å². The Kier molecular flexibility index (Phi) is 8.80. The molecule has 9 nitrogen and oxygen atoms in total. The number of pyridine rings is 1. The van der Waals surface area contributed by atoms with Crippen molar-refractivity contribution < 1.29 is 28.6 Å². The summed E-state index contributed by atoms with van der Waals surface area (Å²) in [5.74, 6) is -1.37. The number of anilines is 1. The van der Waals surface area contributed by atoms with Crippen molar-refractivity contribution >= 4 is 46.3 Å². The molecule has 0 aliphatic heterocycles. The first-order valence-corrected chi connectivity index (χ1v) is 11.1. The molecule has 3 aromatic rings. The SMILES string of the molecule is CN(C(=O)NCc1cccc(F)c1Cl)C(CCC(=O)O)COC(=O)Nc1cc2ccccc2cn1. The maximum absolute atomic E-state index is 13.6. The second-order valence-electron chi connectivity index (χ2n) is 7.71. The molecule has 0 saturated carbocycles. The molecule has 1 aromatic heterocycles. The van der Waals surface area contributed by atoms with Gasteiger partial charge in [-0.1, -0.05) is 48.0 Å². The van der Waals surface area contributed by atoms with E-state index in [1.54, 1.807) is 18.3 Å². The van der Waals surface area contributed by atoms with Crippen LogP contribution in [0.3, 0.4) is 0 Å². The average molecular weight is 503 g/mol. The molecule has 2 aromatic carbocycles. The molecule has 0 saturated heterocycles. The second-order valence-corrected chi connectivity index (χ2v) is 8.09. The third-order valence-corrected chi connectivity index (χ3v) is 5.71. The molecule has 0 fully saturated rings. The van der Waals surface area contributed by atoms with Crippen molar-refractivity contribution in [2.24, 2.45) is 0 Å². The molecule has 0 aliphatic rings. The number of urea groups is 1. The van der Waals surface area contributed by atoms with Crippen molar-refractivity contribution in [3.8, 4) is 0 Å². The van der Waals surface area contributed by atoms with E-state index >= 15 is 0 Å². The number of hydrogen-bond acceptors (Lipinski definition) is 5. The Bertz CT molecular complexity index is 1230. The number of rotatable bonds is 9. The highest BCUT2D eigenvalue weighted by Crippen LogP contribution is 2.20. The number of carboxylic acids is 1. The van der Waals surface area contributed by atoms with Crippen LogP contribution in [0.2, 0.25) is 5.02 Å². The Balaban J connectivity index is 1.58. The molecule has 184 valence electrons. The van der Waals surface area contributed by atoms with Gasteiger partial charge in [-0.05, 0) is 29.5 Å². The molecule has 11 heteroatoms. The van der Waals surface area contributed by atoms with Crippen LogP contribution in [-0.4, -0.2) is 52.8 Å². The van der Waals surface area contributed by atoms with Gasteiger partial charge in [-0.2, -0.15) is 0 Å². The number of carbonyl (C=O) groups is 3. The number of halogens is 2. The molecule has 1 heterocycles. The summed E-state index contributed by atoms with van der Waals surface area (Å²) >= 11 is 5.91. The van der Waals surface area contributed by atoms with E-state index in [1.165, 1.54) is 24.1 Å². The van der Waals surface area contributed by atoms with Crippen LogP contribution in [0.4, 0.5) is 19.8 Å². The van der Waals surface area contributed by atoms with Crippen LogP contribution in [0.15, 0.2) is 54.7 Å². The molecule has 0 spiro atoms. The largest absolute Gasteiger partial charge is 0.481 e. The average Bonchev–Trinajstić information content (AvgIpc) is 2.84. The van der Waals surface area contributed by atoms with Gasteiger partial charge in [0, 0.05) is 31.6 Å². The summed E-state index contributed by atoms with van der Waals surface area (Å²) in [6.07, 6.45) is 0.619. The lowest BCUT2D eigenvalue weighted by molar-refractivity contribution is -0.137. The number of amides is 3. The van der Waals surface area contributed by atoms with Crippen LogP contribution >= 0.6 is 11.6 Å². The number of aliphatic carboxylic acids is 1. The molecule has 35 heavy (non-hydrogen) atoms. The normalized spacial score (nSPS) is 11.5. The predicted molar refractivity (Wildman–Crippen MR) is 129 cm³/mol. The summed E-state index contributed by atoms with van der Waals surface area (Å²) in [4.78, 5) is 41.4. The predicted octanol–water partition coefficient (Wildman–Crippen LogP) is 4.65. The Morgan fingerprint density at radius 3 is 2.66 bits per heavy atom. The summed E-state index contributed by atoms with van der Waals surface area (Å²) in [6, 6.07) is 12.1. The Labute approximate surface area is 205 Å². The van der Waals surface area contributed by atoms with E-state index in [0.717, 1.165) is 10.8 Å². The number of carboxylic acid groups (broad SMARTS) is 1. The van der Waals surface area contributed by atoms with E-state index in [9.17, 15) is 18.8 Å². The first-order valence-electron chi connectivity index (χ1n) is 10.7. The zero-order valence-corrected chi connectivity index (χ0v) is 19.6. The number of hydrogen-bond donors (Lipinski definition) is 3. The topological polar surface area (TPSA) is 121 Å². The van der Waals surface area contributed by atoms with E-state index in [-0.39, 0.29) is 36.8 Å². The molecular weight excluding hydrogens is 479 g/mol. The van der Waals surface area contributed by atoms with Crippen molar-refractivity contribution in [3.05, 3.63) is 71.1 Å². The highest BCUT2D eigenvalue weighted by Gasteiger charge is 2.23. The second kappa shape index (κ2) is 12.0. The van der Waals surface area contributed by atoms with Crippen molar-refractivity contribution in [2.45, 2.75) is 25.4 Å². The fourth-order valence-corrected chi connectivity index (χ4v) is 3.48. The van der Waals surface area contributed by atoms with Crippen molar-refractivity contribution in [2.75, 3.05) is 19.0 Å². The number of ether oxygens (including phenoxy) is 1. The quantitative estimate of drug-likeness (QED) is 0.391. The van der Waals surface area contributed by atoms with E-state index in [4.69, 9.17) is 21.4 Å². The Morgan fingerprint density at radius 1 is 1.17 bits per heavy atom. The number of benzene rings is 2. The summed E-state index contributed by atoms with van der Waals surface area (Å²) < 4.78 is 18.9. The Hall–Kier alpha value is -3.92. The fourth-order valence-electron chi connectivity index (χ4n) is 3.29. The first kappa shape index (κ1) is 25.7. The molecule has 0 bridgehead atoms. The van der Waals surface area contributed by atoms with Gasteiger partial charge >= 0.3 is 18.1 Å². The third kappa shape index (κ3) is 7.28. The minimum atomic E-state index is -1.06. The number of likely N-dealkylation sites (N-methyl/N-ethyl adjacent to an activating group) is 1. The highest BCUT2D eigenvalue weighted by atomic mass is 35.5. The van der Waals surface area contributed by atoms with E-state index < -0.39 is 30.0 Å². The summed E-state index contributed by atoms with van der Waals surface area (Å²) in [5.41, 5.74) is 0.383. The minimum absolute atomic E-state index is 0.0413. The van der Waals surface area contributed by atoms with Gasteiger partial charge in [0.1, 0.15) is 18.2 Å². The van der Waals surface area contributed by atoms with Gasteiger partial charge < -0.3 is 20.1 Å². The van der Waals surface area contributed by atoms with Crippen molar-refractivity contribution in [1.82, 2.24) is 15.2 Å². The van der Waals surface area contributed by atoms with Gasteiger partial charge in [-0.3, -0.25) is 10.1 Å². The van der Waals surface area contributed by atoms with Crippen LogP contribution in [-0.2, 0) is 16.1 Å². The molecule has 3 N–H and O–H groups in total. The van der Waals surface area contributed by atoms with Gasteiger partial charge in [0.25, 0.3) is 0 Å². The molecule has 0 radical (unpaired) electrons. The molecule has 1 unspecified atom stereocenters. The molecular formula is C24H24ClFN4O5. The lowest BCUT2D eigenvalue weighted by Crippen LogP contribution is -2.46. The first-order chi connectivity index (χ1) is 16.7. The lowest BCUT2D eigenvalue weighted by Gasteiger charge is -2.28. The van der Waals surface area contributed by atoms with Gasteiger partial charge in [-0.15, -0.1) is 0 Å². The number of nitrogens with one attached hydrogen (secondary N) is 2. The summed E-state index contributed by atoms with van der Waals surface area (Å²) in [7, 11) is 1.45. The van der Waals surface area contributed by atoms with Crippen LogP contribution in [0.25, 0.3) is 10.8 Å². The zero-order chi connectivity index (χ0) is 25.4. The molecule has 3 amide bonds. The van der Waals surface area contributed by atoms with Crippen molar-refractivity contribution in [3.63, 3.8) is 0 Å². The van der Waals surface area contributed by atoms with Gasteiger partial charge in [-0.25, -0.2) is 19.0 Å². The summed E-state index contributed by atoms with van der Waals surface area (Å²) in [6.45, 7) is -0.294. The van der Waals surface area contributed by atoms with Gasteiger partial charge in [0.05, 0.1) is 11.1 Å². The molecule has 3 rings (SSSR count). The fraction of sp³-hybridized carbons (Fsp3) is 0.250. The standard InChI is InChI=1S/C24H24ClFN4O5/c1-30(23(33)28-13-17-7-4-8-19(26)22(17)25)18(9-10-21(31)32)14-35-24(34)29-20-11-15-5-2-3-6-16(15)12-27-20/h2-8,11-12,18H,9-10,13-14H2,1H3,(H,28,33)(H,31,32)(H,27,29,34). The van der Waals surface area contributed by atoms with Gasteiger partial charge in [0.15, 0.2) is 0 Å². The maximum atomic E-state index is 13.6. The van der Waals surface area contributed by atoms with Crippen LogP contribution in [0.1, 0.15) is 18.4 Å². The molecule has 1 atom stereocenters. The molecule has 0 aliphatic carbocycles. The van der Waals surface area contributed by atoms with Gasteiger partial charge in [0.2, 0.25) is 0 Å². The van der Waals surface area contributed by atoms with E-state index in [0.29, 0.717) is 5.56 Å². The third-order valence-electron chi connectivity index (χ3n) is 5.29. The van der Waals surface area contributed by atoms with Crippen LogP contribution < -0.4 is 10.6 Å². The highest BCUT2D eigenvalue weighted by molar-refractivity contribution is 6.31. The number of nitrogens with zero attached hydrogens (tertiary/aromatic N) is 2. The monoisotopic (exact) mass is 502 g/mol. The zero-order valence-electron chi connectivity index (χ0n) is 18.8. The maximum Gasteiger partial charge on any atom is 0.412 e. The van der Waals surface area contributed by atoms with Crippen LogP contribution in [0.5, 0.6) is 0 Å². The smallest absolute Gasteiger partial charge is 0.412 e. The Morgan fingerprint density at radius 2 is 1.91 bits per heavy atom.